The average Bonchev–Trinajstić information content (AvgIpc) is 2.87. The summed E-state index contributed by atoms with van der Waals surface area (Å²) in [7, 11) is 0. The van der Waals surface area contributed by atoms with Crippen molar-refractivity contribution in [1.29, 1.82) is 0 Å². The highest BCUT2D eigenvalue weighted by molar-refractivity contribution is 5.95. The summed E-state index contributed by atoms with van der Waals surface area (Å²) in [4.78, 5) is 25.9. The zero-order chi connectivity index (χ0) is 15.6. The Kier molecular flexibility index (Phi) is 4.66. The molecule has 0 spiro atoms. The van der Waals surface area contributed by atoms with E-state index in [1.807, 2.05) is 58.0 Å². The molecule has 1 aliphatic heterocycles. The SMILES string of the molecule is CC(C)[C@@H]1COC(=O)N1C(=O)[C@H](C)[C@@H](C)c1ccccc1. The van der Waals surface area contributed by atoms with Crippen LogP contribution in [0.1, 0.15) is 39.2 Å². The second-order valence-corrected chi connectivity index (χ2v) is 6.08. The number of benzene rings is 1. The van der Waals surface area contributed by atoms with Gasteiger partial charge in [-0.15, -0.1) is 0 Å². The third-order valence-corrected chi connectivity index (χ3v) is 4.38. The molecule has 21 heavy (non-hydrogen) atoms. The Morgan fingerprint density at radius 2 is 1.81 bits per heavy atom. The second kappa shape index (κ2) is 6.29. The van der Waals surface area contributed by atoms with Crippen molar-refractivity contribution in [2.75, 3.05) is 6.61 Å². The molecular weight excluding hydrogens is 266 g/mol. The second-order valence-electron chi connectivity index (χ2n) is 6.08. The van der Waals surface area contributed by atoms with Gasteiger partial charge in [0.2, 0.25) is 5.91 Å². The fraction of sp³-hybridized carbons (Fsp3) is 0.529. The zero-order valence-electron chi connectivity index (χ0n) is 13.1. The van der Waals surface area contributed by atoms with Gasteiger partial charge in [0.05, 0.1) is 6.04 Å². The number of hydrogen-bond donors (Lipinski definition) is 0. The summed E-state index contributed by atoms with van der Waals surface area (Å²) < 4.78 is 5.06. The maximum absolute atomic E-state index is 12.7. The van der Waals surface area contributed by atoms with Gasteiger partial charge in [-0.05, 0) is 17.4 Å². The fourth-order valence-corrected chi connectivity index (χ4v) is 2.66. The van der Waals surface area contributed by atoms with Gasteiger partial charge in [0.1, 0.15) is 6.61 Å². The van der Waals surface area contributed by atoms with Crippen LogP contribution in [0.2, 0.25) is 0 Å². The number of cyclic esters (lactones) is 1. The van der Waals surface area contributed by atoms with Crippen molar-refractivity contribution in [3.8, 4) is 0 Å². The molecule has 2 amide bonds. The lowest BCUT2D eigenvalue weighted by atomic mass is 9.87. The van der Waals surface area contributed by atoms with Crippen molar-refractivity contribution >= 4 is 12.0 Å². The van der Waals surface area contributed by atoms with E-state index in [4.69, 9.17) is 4.74 Å². The van der Waals surface area contributed by atoms with Crippen molar-refractivity contribution < 1.29 is 14.3 Å². The molecule has 4 heteroatoms. The van der Waals surface area contributed by atoms with Crippen molar-refractivity contribution in [1.82, 2.24) is 4.90 Å². The van der Waals surface area contributed by atoms with Crippen LogP contribution < -0.4 is 0 Å². The molecule has 0 N–H and O–H groups in total. The zero-order valence-corrected chi connectivity index (χ0v) is 13.1. The van der Waals surface area contributed by atoms with Crippen LogP contribution in [0.15, 0.2) is 30.3 Å². The lowest BCUT2D eigenvalue weighted by molar-refractivity contribution is -0.134. The Balaban J connectivity index is 2.16. The van der Waals surface area contributed by atoms with Crippen LogP contribution in [0.25, 0.3) is 0 Å². The molecule has 0 unspecified atom stereocenters. The third-order valence-electron chi connectivity index (χ3n) is 4.38. The summed E-state index contributed by atoms with van der Waals surface area (Å²) in [5, 5.41) is 0. The van der Waals surface area contributed by atoms with Gasteiger partial charge in [0.15, 0.2) is 0 Å². The van der Waals surface area contributed by atoms with Crippen molar-refractivity contribution in [2.45, 2.75) is 39.7 Å². The largest absolute Gasteiger partial charge is 0.447 e. The molecule has 1 aliphatic rings. The number of carbonyl (C=O) groups is 2. The fourth-order valence-electron chi connectivity index (χ4n) is 2.66. The highest BCUT2D eigenvalue weighted by Crippen LogP contribution is 2.29. The van der Waals surface area contributed by atoms with Crippen LogP contribution in [0.4, 0.5) is 4.79 Å². The minimum absolute atomic E-state index is 0.0555. The van der Waals surface area contributed by atoms with E-state index in [1.165, 1.54) is 4.90 Å². The predicted molar refractivity (Wildman–Crippen MR) is 80.8 cm³/mol. The van der Waals surface area contributed by atoms with Crippen LogP contribution >= 0.6 is 0 Å². The van der Waals surface area contributed by atoms with E-state index in [-0.39, 0.29) is 29.7 Å². The molecule has 1 heterocycles. The van der Waals surface area contributed by atoms with Crippen LogP contribution in [-0.4, -0.2) is 29.5 Å². The Bertz CT molecular complexity index is 512. The van der Waals surface area contributed by atoms with Crippen LogP contribution in [0.5, 0.6) is 0 Å². The molecule has 1 fully saturated rings. The Morgan fingerprint density at radius 3 is 2.38 bits per heavy atom. The highest BCUT2D eigenvalue weighted by atomic mass is 16.6. The minimum Gasteiger partial charge on any atom is -0.447 e. The van der Waals surface area contributed by atoms with Crippen molar-refractivity contribution in [3.63, 3.8) is 0 Å². The first kappa shape index (κ1) is 15.5. The Hall–Kier alpha value is -1.84. The summed E-state index contributed by atoms with van der Waals surface area (Å²) >= 11 is 0. The van der Waals surface area contributed by atoms with Gasteiger partial charge in [-0.1, -0.05) is 58.0 Å². The summed E-state index contributed by atoms with van der Waals surface area (Å²) in [6, 6.07) is 9.74. The highest BCUT2D eigenvalue weighted by Gasteiger charge is 2.42. The molecule has 0 aliphatic carbocycles. The molecule has 1 aromatic carbocycles. The maximum Gasteiger partial charge on any atom is 0.416 e. The van der Waals surface area contributed by atoms with Crippen molar-refractivity contribution in [2.24, 2.45) is 11.8 Å². The number of ether oxygens (including phenoxy) is 1. The van der Waals surface area contributed by atoms with E-state index >= 15 is 0 Å². The summed E-state index contributed by atoms with van der Waals surface area (Å²) in [5.74, 6) is -0.161. The molecule has 4 nitrogen and oxygen atoms in total. The van der Waals surface area contributed by atoms with E-state index in [9.17, 15) is 9.59 Å². The van der Waals surface area contributed by atoms with Gasteiger partial charge in [-0.2, -0.15) is 0 Å². The summed E-state index contributed by atoms with van der Waals surface area (Å²) in [6.07, 6.45) is -0.509. The molecule has 1 saturated heterocycles. The number of carbonyl (C=O) groups excluding carboxylic acids is 2. The number of hydrogen-bond acceptors (Lipinski definition) is 3. The summed E-state index contributed by atoms with van der Waals surface area (Å²) in [5.41, 5.74) is 1.10. The first-order valence-electron chi connectivity index (χ1n) is 7.48. The van der Waals surface area contributed by atoms with E-state index < -0.39 is 6.09 Å². The van der Waals surface area contributed by atoms with Crippen LogP contribution in [0.3, 0.4) is 0 Å². The quantitative estimate of drug-likeness (QED) is 0.853. The maximum atomic E-state index is 12.7. The number of amides is 2. The van der Waals surface area contributed by atoms with Gasteiger partial charge >= 0.3 is 6.09 Å². The van der Waals surface area contributed by atoms with Crippen LogP contribution in [0, 0.1) is 11.8 Å². The molecule has 3 atom stereocenters. The van der Waals surface area contributed by atoms with Crippen LogP contribution in [-0.2, 0) is 9.53 Å². The Morgan fingerprint density at radius 1 is 1.19 bits per heavy atom. The molecule has 2 rings (SSSR count). The van der Waals surface area contributed by atoms with Gasteiger partial charge in [0.25, 0.3) is 0 Å². The van der Waals surface area contributed by atoms with E-state index in [2.05, 4.69) is 0 Å². The first-order valence-corrected chi connectivity index (χ1v) is 7.48. The Labute approximate surface area is 126 Å². The third kappa shape index (κ3) is 3.09. The molecule has 0 radical (unpaired) electrons. The average molecular weight is 289 g/mol. The lowest BCUT2D eigenvalue weighted by Crippen LogP contribution is -2.45. The molecule has 114 valence electrons. The smallest absolute Gasteiger partial charge is 0.416 e. The number of nitrogens with zero attached hydrogens (tertiary/aromatic N) is 1. The van der Waals surface area contributed by atoms with E-state index in [0.717, 1.165) is 5.56 Å². The summed E-state index contributed by atoms with van der Waals surface area (Å²) in [6.45, 7) is 8.19. The monoisotopic (exact) mass is 289 g/mol. The molecule has 1 aromatic rings. The normalized spacial score (nSPS) is 21.3. The van der Waals surface area contributed by atoms with Gasteiger partial charge < -0.3 is 4.74 Å². The van der Waals surface area contributed by atoms with E-state index in [0.29, 0.717) is 6.61 Å². The topological polar surface area (TPSA) is 46.6 Å². The molecule has 0 bridgehead atoms. The number of imide groups is 1. The van der Waals surface area contributed by atoms with E-state index in [1.54, 1.807) is 0 Å². The predicted octanol–water partition coefficient (Wildman–Crippen LogP) is 3.43. The van der Waals surface area contributed by atoms with Gasteiger partial charge in [-0.25, -0.2) is 9.69 Å². The number of rotatable bonds is 4. The first-order chi connectivity index (χ1) is 9.93. The van der Waals surface area contributed by atoms with Crippen molar-refractivity contribution in [3.05, 3.63) is 35.9 Å². The van der Waals surface area contributed by atoms with Gasteiger partial charge in [-0.3, -0.25) is 4.79 Å². The molecule has 0 saturated carbocycles. The molecule has 0 aromatic heterocycles. The minimum atomic E-state index is -0.509. The molecular formula is C17H23NO3. The van der Waals surface area contributed by atoms with Gasteiger partial charge in [0, 0.05) is 5.92 Å². The standard InChI is InChI=1S/C17H23NO3/c1-11(2)15-10-21-17(20)18(15)16(19)13(4)12(3)14-8-6-5-7-9-14/h5-9,11-13,15H,10H2,1-4H3/t12-,13-,15+/m1/s1. The lowest BCUT2D eigenvalue weighted by Gasteiger charge is -2.28.